The molecule has 2 rings (SSSR count). The second-order valence-electron chi connectivity index (χ2n) is 4.37. The van der Waals surface area contributed by atoms with Gasteiger partial charge in [0, 0.05) is 5.69 Å². The third kappa shape index (κ3) is 3.02. The summed E-state index contributed by atoms with van der Waals surface area (Å²) in [5.41, 5.74) is 2.09. The van der Waals surface area contributed by atoms with Gasteiger partial charge >= 0.3 is 0 Å². The first kappa shape index (κ1) is 14.6. The molecule has 1 N–H and O–H groups in total. The number of anilines is 1. The molecule has 1 amide bonds. The zero-order valence-corrected chi connectivity index (χ0v) is 11.9. The highest BCUT2D eigenvalue weighted by Crippen LogP contribution is 2.22. The van der Waals surface area contributed by atoms with Gasteiger partial charge in [-0.3, -0.25) is 4.79 Å². The van der Waals surface area contributed by atoms with Crippen molar-refractivity contribution in [1.29, 1.82) is 10.5 Å². The Labute approximate surface area is 127 Å². The number of aryl methyl sites for hydroxylation is 1. The lowest BCUT2D eigenvalue weighted by atomic mass is 10.1. The van der Waals surface area contributed by atoms with Crippen molar-refractivity contribution in [2.24, 2.45) is 0 Å². The van der Waals surface area contributed by atoms with Crippen molar-refractivity contribution in [2.75, 3.05) is 5.32 Å². The highest BCUT2D eigenvalue weighted by Gasteiger charge is 2.12. The number of nitriles is 2. The molecule has 0 aromatic heterocycles. The van der Waals surface area contributed by atoms with E-state index in [1.54, 1.807) is 18.2 Å². The van der Waals surface area contributed by atoms with Crippen molar-refractivity contribution in [2.45, 2.75) is 6.92 Å². The molecule has 0 radical (unpaired) electrons. The third-order valence-electron chi connectivity index (χ3n) is 2.95. The predicted molar refractivity (Wildman–Crippen MR) is 80.0 cm³/mol. The lowest BCUT2D eigenvalue weighted by molar-refractivity contribution is 0.102. The number of hydrogen-bond acceptors (Lipinski definition) is 3. The molecule has 0 saturated heterocycles. The summed E-state index contributed by atoms with van der Waals surface area (Å²) in [5, 5.41) is 20.9. The first-order valence-electron chi connectivity index (χ1n) is 6.07. The number of hydrogen-bond donors (Lipinski definition) is 1. The Hall–Kier alpha value is -2.82. The van der Waals surface area contributed by atoms with Crippen LogP contribution in [0.3, 0.4) is 0 Å². The first-order valence-corrected chi connectivity index (χ1v) is 6.45. The molecule has 2 aromatic carbocycles. The van der Waals surface area contributed by atoms with Gasteiger partial charge in [-0.25, -0.2) is 0 Å². The van der Waals surface area contributed by atoms with Crippen molar-refractivity contribution in [3.63, 3.8) is 0 Å². The standard InChI is InChI=1S/C16H10ClN3O/c1-10-3-2-4-14(15(10)17)16(21)20-13-6-5-11(8-18)12(7-13)9-19/h2-7H,1H3,(H,20,21). The van der Waals surface area contributed by atoms with E-state index < -0.39 is 0 Å². The summed E-state index contributed by atoms with van der Waals surface area (Å²) in [6, 6.07) is 13.5. The van der Waals surface area contributed by atoms with Gasteiger partial charge in [0.05, 0.1) is 21.7 Å². The van der Waals surface area contributed by atoms with E-state index in [0.29, 0.717) is 16.3 Å². The van der Waals surface area contributed by atoms with E-state index in [1.807, 2.05) is 25.1 Å². The van der Waals surface area contributed by atoms with Gasteiger partial charge in [0.15, 0.2) is 0 Å². The fourth-order valence-electron chi connectivity index (χ4n) is 1.83. The van der Waals surface area contributed by atoms with E-state index in [0.717, 1.165) is 5.56 Å². The molecular formula is C16H10ClN3O. The topological polar surface area (TPSA) is 76.7 Å². The van der Waals surface area contributed by atoms with Crippen LogP contribution in [0.5, 0.6) is 0 Å². The molecular weight excluding hydrogens is 286 g/mol. The van der Waals surface area contributed by atoms with Crippen molar-refractivity contribution in [3.05, 3.63) is 63.7 Å². The van der Waals surface area contributed by atoms with Gasteiger partial charge in [0.1, 0.15) is 12.1 Å². The molecule has 21 heavy (non-hydrogen) atoms. The maximum Gasteiger partial charge on any atom is 0.257 e. The minimum absolute atomic E-state index is 0.214. The highest BCUT2D eigenvalue weighted by molar-refractivity contribution is 6.35. The Balaban J connectivity index is 2.31. The molecule has 0 aliphatic heterocycles. The van der Waals surface area contributed by atoms with Crippen LogP contribution in [-0.2, 0) is 0 Å². The number of rotatable bonds is 2. The Morgan fingerprint density at radius 1 is 1.14 bits per heavy atom. The smallest absolute Gasteiger partial charge is 0.257 e. The Morgan fingerprint density at radius 3 is 2.52 bits per heavy atom. The minimum atomic E-state index is -0.364. The molecule has 5 heteroatoms. The largest absolute Gasteiger partial charge is 0.322 e. The summed E-state index contributed by atoms with van der Waals surface area (Å²) in [6.45, 7) is 1.81. The summed E-state index contributed by atoms with van der Waals surface area (Å²) in [5.74, 6) is -0.364. The van der Waals surface area contributed by atoms with Crippen LogP contribution in [0, 0.1) is 29.6 Å². The Morgan fingerprint density at radius 2 is 1.86 bits per heavy atom. The van der Waals surface area contributed by atoms with Crippen LogP contribution in [-0.4, -0.2) is 5.91 Å². The van der Waals surface area contributed by atoms with Gasteiger partial charge in [-0.2, -0.15) is 10.5 Å². The van der Waals surface area contributed by atoms with Gasteiger partial charge in [0.2, 0.25) is 0 Å². The van der Waals surface area contributed by atoms with Crippen LogP contribution < -0.4 is 5.32 Å². The van der Waals surface area contributed by atoms with Gasteiger partial charge in [0.25, 0.3) is 5.91 Å². The number of amides is 1. The van der Waals surface area contributed by atoms with Crippen LogP contribution in [0.2, 0.25) is 5.02 Å². The molecule has 0 bridgehead atoms. The fraction of sp³-hybridized carbons (Fsp3) is 0.0625. The normalized spacial score (nSPS) is 9.52. The van der Waals surface area contributed by atoms with E-state index in [1.165, 1.54) is 12.1 Å². The fourth-order valence-corrected chi connectivity index (χ4v) is 2.05. The van der Waals surface area contributed by atoms with Gasteiger partial charge in [-0.15, -0.1) is 0 Å². The average molecular weight is 296 g/mol. The summed E-state index contributed by atoms with van der Waals surface area (Å²) in [6.07, 6.45) is 0. The molecule has 2 aromatic rings. The van der Waals surface area contributed by atoms with Gasteiger partial charge in [-0.05, 0) is 36.8 Å². The maximum absolute atomic E-state index is 12.2. The van der Waals surface area contributed by atoms with Gasteiger partial charge < -0.3 is 5.32 Å². The van der Waals surface area contributed by atoms with E-state index in [-0.39, 0.29) is 17.0 Å². The molecule has 0 unspecified atom stereocenters. The van der Waals surface area contributed by atoms with Crippen LogP contribution in [0.25, 0.3) is 0 Å². The molecule has 0 spiro atoms. The molecule has 0 aliphatic carbocycles. The monoisotopic (exact) mass is 295 g/mol. The Kier molecular flexibility index (Phi) is 4.23. The highest BCUT2D eigenvalue weighted by atomic mass is 35.5. The summed E-state index contributed by atoms with van der Waals surface area (Å²) < 4.78 is 0. The second-order valence-corrected chi connectivity index (χ2v) is 4.75. The number of benzene rings is 2. The Bertz CT molecular complexity index is 800. The zero-order chi connectivity index (χ0) is 15.4. The third-order valence-corrected chi connectivity index (χ3v) is 3.46. The molecule has 4 nitrogen and oxygen atoms in total. The van der Waals surface area contributed by atoms with Crippen LogP contribution in [0.15, 0.2) is 36.4 Å². The van der Waals surface area contributed by atoms with E-state index in [9.17, 15) is 4.79 Å². The zero-order valence-electron chi connectivity index (χ0n) is 11.1. The number of carbonyl (C=O) groups is 1. The van der Waals surface area contributed by atoms with Crippen molar-refractivity contribution >= 4 is 23.2 Å². The van der Waals surface area contributed by atoms with E-state index in [4.69, 9.17) is 22.1 Å². The van der Waals surface area contributed by atoms with Crippen molar-refractivity contribution < 1.29 is 4.79 Å². The molecule has 0 heterocycles. The van der Waals surface area contributed by atoms with Gasteiger partial charge in [-0.1, -0.05) is 23.7 Å². The lowest BCUT2D eigenvalue weighted by Gasteiger charge is -2.08. The quantitative estimate of drug-likeness (QED) is 0.918. The number of nitrogens with zero attached hydrogens (tertiary/aromatic N) is 2. The first-order chi connectivity index (χ1) is 10.1. The molecule has 102 valence electrons. The van der Waals surface area contributed by atoms with Crippen molar-refractivity contribution in [1.82, 2.24) is 0 Å². The molecule has 0 atom stereocenters. The second kappa shape index (κ2) is 6.09. The van der Waals surface area contributed by atoms with E-state index >= 15 is 0 Å². The van der Waals surface area contributed by atoms with E-state index in [2.05, 4.69) is 5.32 Å². The SMILES string of the molecule is Cc1cccc(C(=O)Nc2ccc(C#N)c(C#N)c2)c1Cl. The summed E-state index contributed by atoms with van der Waals surface area (Å²) in [4.78, 5) is 12.2. The van der Waals surface area contributed by atoms with Crippen LogP contribution in [0.1, 0.15) is 27.0 Å². The van der Waals surface area contributed by atoms with Crippen molar-refractivity contribution in [3.8, 4) is 12.1 Å². The van der Waals surface area contributed by atoms with Crippen LogP contribution >= 0.6 is 11.6 Å². The average Bonchev–Trinajstić information content (AvgIpc) is 2.49. The minimum Gasteiger partial charge on any atom is -0.322 e. The number of halogens is 1. The molecule has 0 saturated carbocycles. The summed E-state index contributed by atoms with van der Waals surface area (Å²) in [7, 11) is 0. The van der Waals surface area contributed by atoms with Crippen LogP contribution in [0.4, 0.5) is 5.69 Å². The number of carbonyl (C=O) groups excluding carboxylic acids is 1. The molecule has 0 fully saturated rings. The maximum atomic E-state index is 12.2. The number of nitrogens with one attached hydrogen (secondary N) is 1. The molecule has 0 aliphatic rings. The lowest BCUT2D eigenvalue weighted by Crippen LogP contribution is -2.13. The summed E-state index contributed by atoms with van der Waals surface area (Å²) >= 11 is 6.10. The predicted octanol–water partition coefficient (Wildman–Crippen LogP) is 3.64.